The lowest BCUT2D eigenvalue weighted by Gasteiger charge is -1.95. The van der Waals surface area contributed by atoms with Gasteiger partial charge in [0.25, 0.3) is 0 Å². The van der Waals surface area contributed by atoms with Crippen LogP contribution in [-0.2, 0) is 12.3 Å². The number of H-pyrrole nitrogens is 1. The van der Waals surface area contributed by atoms with E-state index in [2.05, 4.69) is 39.3 Å². The number of aromatic nitrogens is 5. The Bertz CT molecular complexity index is 701. The van der Waals surface area contributed by atoms with E-state index in [4.69, 9.17) is 5.73 Å². The Balaban J connectivity index is 1.88. The summed E-state index contributed by atoms with van der Waals surface area (Å²) in [4.78, 5) is 4.07. The largest absolute Gasteiger partial charge is 0.368 e. The number of para-hydroxylation sites is 1. The number of rotatable bonds is 4. The highest BCUT2D eigenvalue weighted by atomic mass is 32.2. The molecule has 98 valence electrons. The van der Waals surface area contributed by atoms with Gasteiger partial charge < -0.3 is 5.73 Å². The summed E-state index contributed by atoms with van der Waals surface area (Å²) in [5.41, 5.74) is 7.71. The lowest BCUT2D eigenvalue weighted by molar-refractivity contribution is 0.675. The number of nitrogens with one attached hydrogen (secondary N) is 1. The lowest BCUT2D eigenvalue weighted by Crippen LogP contribution is -1.96. The topological polar surface area (TPSA) is 85.4 Å². The van der Waals surface area contributed by atoms with Crippen molar-refractivity contribution in [2.24, 2.45) is 0 Å². The van der Waals surface area contributed by atoms with E-state index in [9.17, 15) is 0 Å². The molecule has 19 heavy (non-hydrogen) atoms. The van der Waals surface area contributed by atoms with Crippen LogP contribution in [0.3, 0.4) is 0 Å². The fraction of sp³-hybridized carbons (Fsp3) is 0.250. The van der Waals surface area contributed by atoms with E-state index in [1.54, 1.807) is 0 Å². The molecule has 2 aromatic heterocycles. The number of nitrogens with two attached hydrogens (primary N) is 1. The zero-order valence-corrected chi connectivity index (χ0v) is 11.3. The van der Waals surface area contributed by atoms with Crippen molar-refractivity contribution in [3.63, 3.8) is 0 Å². The number of fused-ring (bicyclic) bond motifs is 1. The molecule has 0 saturated heterocycles. The van der Waals surface area contributed by atoms with Gasteiger partial charge in [-0.1, -0.05) is 30.0 Å². The summed E-state index contributed by atoms with van der Waals surface area (Å²) in [6.45, 7) is 2.95. The molecular formula is C12H14N6S. The second kappa shape index (κ2) is 4.93. The van der Waals surface area contributed by atoms with Gasteiger partial charge in [-0.2, -0.15) is 10.1 Å². The van der Waals surface area contributed by atoms with E-state index >= 15 is 0 Å². The van der Waals surface area contributed by atoms with Gasteiger partial charge in [0.2, 0.25) is 11.1 Å². The summed E-state index contributed by atoms with van der Waals surface area (Å²) in [7, 11) is 0. The maximum atomic E-state index is 5.50. The molecule has 0 amide bonds. The molecule has 3 rings (SSSR count). The predicted molar refractivity (Wildman–Crippen MR) is 75.8 cm³/mol. The first kappa shape index (κ1) is 12.0. The van der Waals surface area contributed by atoms with Crippen LogP contribution in [0.15, 0.2) is 29.4 Å². The summed E-state index contributed by atoms with van der Waals surface area (Å²) in [5, 5.41) is 13.1. The van der Waals surface area contributed by atoms with Crippen LogP contribution in [0.25, 0.3) is 10.9 Å². The molecule has 2 heterocycles. The third kappa shape index (κ3) is 2.28. The molecule has 0 aliphatic carbocycles. The minimum absolute atomic E-state index is 0.339. The number of aryl methyl sites for hydroxylation is 1. The Labute approximate surface area is 114 Å². The summed E-state index contributed by atoms with van der Waals surface area (Å²) < 4.78 is 2.01. The molecule has 3 aromatic rings. The van der Waals surface area contributed by atoms with Crippen LogP contribution in [0, 0.1) is 0 Å². The molecular weight excluding hydrogens is 260 g/mol. The Hall–Kier alpha value is -2.02. The minimum atomic E-state index is 0.339. The zero-order valence-electron chi connectivity index (χ0n) is 10.5. The Morgan fingerprint density at radius 3 is 2.95 bits per heavy atom. The number of hydrogen-bond acceptors (Lipinski definition) is 5. The summed E-state index contributed by atoms with van der Waals surface area (Å²) in [6.07, 6.45) is 0. The molecule has 6 nitrogen and oxygen atoms in total. The predicted octanol–water partition coefficient (Wildman–Crippen LogP) is 2.05. The van der Waals surface area contributed by atoms with Gasteiger partial charge in [0, 0.05) is 17.7 Å². The third-order valence-electron chi connectivity index (χ3n) is 2.85. The van der Waals surface area contributed by atoms with Crippen LogP contribution >= 0.6 is 11.8 Å². The molecule has 0 unspecified atom stereocenters. The van der Waals surface area contributed by atoms with Gasteiger partial charge in [0.05, 0.1) is 11.2 Å². The highest BCUT2D eigenvalue weighted by Crippen LogP contribution is 2.25. The number of benzene rings is 1. The molecule has 0 atom stereocenters. The van der Waals surface area contributed by atoms with Crippen molar-refractivity contribution >= 4 is 28.6 Å². The van der Waals surface area contributed by atoms with Crippen LogP contribution in [0.2, 0.25) is 0 Å². The summed E-state index contributed by atoms with van der Waals surface area (Å²) in [5.74, 6) is 1.07. The van der Waals surface area contributed by atoms with E-state index in [1.807, 2.05) is 16.8 Å². The molecule has 7 heteroatoms. The third-order valence-corrected chi connectivity index (χ3v) is 3.71. The first-order valence-corrected chi connectivity index (χ1v) is 7.01. The van der Waals surface area contributed by atoms with Crippen molar-refractivity contribution < 1.29 is 0 Å². The van der Waals surface area contributed by atoms with Crippen molar-refractivity contribution in [2.75, 3.05) is 5.73 Å². The normalized spacial score (nSPS) is 11.2. The van der Waals surface area contributed by atoms with Crippen molar-refractivity contribution in [3.05, 3.63) is 30.0 Å². The van der Waals surface area contributed by atoms with Crippen molar-refractivity contribution in [1.82, 2.24) is 25.0 Å². The van der Waals surface area contributed by atoms with Crippen LogP contribution < -0.4 is 5.73 Å². The first-order chi connectivity index (χ1) is 9.28. The lowest BCUT2D eigenvalue weighted by atomic mass is 10.2. The average molecular weight is 274 g/mol. The maximum Gasteiger partial charge on any atom is 0.216 e. The van der Waals surface area contributed by atoms with Gasteiger partial charge in [-0.25, -0.2) is 5.10 Å². The molecule has 0 aliphatic heterocycles. The van der Waals surface area contributed by atoms with Crippen LogP contribution in [0.4, 0.5) is 5.95 Å². The van der Waals surface area contributed by atoms with Gasteiger partial charge in [0.1, 0.15) is 0 Å². The minimum Gasteiger partial charge on any atom is -0.368 e. The monoisotopic (exact) mass is 274 g/mol. The van der Waals surface area contributed by atoms with Gasteiger partial charge in [0.15, 0.2) is 0 Å². The molecule has 0 fully saturated rings. The number of nitrogens with zero attached hydrogens (tertiary/aromatic N) is 4. The summed E-state index contributed by atoms with van der Waals surface area (Å²) in [6, 6.07) is 8.24. The quantitative estimate of drug-likeness (QED) is 0.711. The van der Waals surface area contributed by atoms with Crippen molar-refractivity contribution in [2.45, 2.75) is 24.4 Å². The Morgan fingerprint density at radius 1 is 1.37 bits per heavy atom. The van der Waals surface area contributed by atoms with E-state index in [0.29, 0.717) is 11.1 Å². The Kier molecular flexibility index (Phi) is 3.12. The number of nitrogen functional groups attached to an aromatic ring is 1. The van der Waals surface area contributed by atoms with Crippen LogP contribution in [-0.4, -0.2) is 25.0 Å². The SMILES string of the molecule is CCn1nc(CSc2n[nH]c(N)n2)c2ccccc21. The highest BCUT2D eigenvalue weighted by Gasteiger charge is 2.10. The molecule has 0 bridgehead atoms. The molecule has 0 radical (unpaired) electrons. The Morgan fingerprint density at radius 2 is 2.21 bits per heavy atom. The number of thioether (sulfide) groups is 1. The van der Waals surface area contributed by atoms with Crippen LogP contribution in [0.5, 0.6) is 0 Å². The molecule has 1 aromatic carbocycles. The molecule has 0 saturated carbocycles. The maximum absolute atomic E-state index is 5.50. The van der Waals surface area contributed by atoms with E-state index in [-0.39, 0.29) is 0 Å². The number of anilines is 1. The molecule has 3 N–H and O–H groups in total. The van der Waals surface area contributed by atoms with Gasteiger partial charge in [-0.05, 0) is 13.0 Å². The second-order valence-corrected chi connectivity index (χ2v) is 5.01. The van der Waals surface area contributed by atoms with E-state index < -0.39 is 0 Å². The average Bonchev–Trinajstić information content (AvgIpc) is 3.00. The smallest absolute Gasteiger partial charge is 0.216 e. The number of aromatic amines is 1. The molecule has 0 spiro atoms. The van der Waals surface area contributed by atoms with E-state index in [1.165, 1.54) is 17.1 Å². The first-order valence-electron chi connectivity index (χ1n) is 6.03. The summed E-state index contributed by atoms with van der Waals surface area (Å²) >= 11 is 1.52. The zero-order chi connectivity index (χ0) is 13.2. The van der Waals surface area contributed by atoms with Crippen LogP contribution in [0.1, 0.15) is 12.6 Å². The fourth-order valence-electron chi connectivity index (χ4n) is 2.00. The van der Waals surface area contributed by atoms with Gasteiger partial charge in [-0.15, -0.1) is 5.10 Å². The highest BCUT2D eigenvalue weighted by molar-refractivity contribution is 7.98. The van der Waals surface area contributed by atoms with Crippen molar-refractivity contribution in [3.8, 4) is 0 Å². The van der Waals surface area contributed by atoms with Crippen molar-refractivity contribution in [1.29, 1.82) is 0 Å². The number of hydrogen-bond donors (Lipinski definition) is 2. The molecule has 0 aliphatic rings. The standard InChI is InChI=1S/C12H14N6S/c1-2-18-10-6-4-3-5-8(10)9(17-18)7-19-12-14-11(13)15-16-12/h3-6H,2,7H2,1H3,(H3,13,14,15,16). The fourth-order valence-corrected chi connectivity index (χ4v) is 2.75. The van der Waals surface area contributed by atoms with Gasteiger partial charge in [-0.3, -0.25) is 4.68 Å². The second-order valence-electron chi connectivity index (χ2n) is 4.07. The van der Waals surface area contributed by atoms with Gasteiger partial charge >= 0.3 is 0 Å². The van der Waals surface area contributed by atoms with E-state index in [0.717, 1.165) is 23.5 Å².